The van der Waals surface area contributed by atoms with Gasteiger partial charge in [-0.3, -0.25) is 9.59 Å². The van der Waals surface area contributed by atoms with Gasteiger partial charge in [-0.1, -0.05) is 155 Å². The molecule has 8 rings (SSSR count). The summed E-state index contributed by atoms with van der Waals surface area (Å²) in [5, 5.41) is 8.96. The lowest BCUT2D eigenvalue weighted by Crippen LogP contribution is -2.51. The minimum atomic E-state index is -4.58. The molecular formula is C54H57ClN8O8S. The van der Waals surface area contributed by atoms with Crippen molar-refractivity contribution < 1.29 is 27.2 Å². The molecule has 7 aromatic rings. The van der Waals surface area contributed by atoms with Crippen LogP contribution in [-0.4, -0.2) is 46.7 Å². The van der Waals surface area contributed by atoms with E-state index in [4.69, 9.17) is 20.8 Å². The largest absolute Gasteiger partial charge is 0.471 e. The Hall–Kier alpha value is -7.63. The summed E-state index contributed by atoms with van der Waals surface area (Å²) >= 11 is 6.75. The molecule has 0 saturated heterocycles. The second-order valence-corrected chi connectivity index (χ2v) is 19.5. The van der Waals surface area contributed by atoms with E-state index in [0.717, 1.165) is 34.5 Å². The van der Waals surface area contributed by atoms with E-state index >= 15 is 9.59 Å². The van der Waals surface area contributed by atoms with E-state index in [0.29, 0.717) is 39.4 Å². The number of hydrogen-bond donors (Lipinski definition) is 3. The minimum absolute atomic E-state index is 0.0423. The number of halogens is 1. The Balaban J connectivity index is 1.06. The molecule has 0 spiro atoms. The molecule has 1 aliphatic heterocycles. The monoisotopic (exact) mass is 1010 g/mol. The fourth-order valence-electron chi connectivity index (χ4n) is 8.54. The molecule has 374 valence electrons. The second-order valence-electron chi connectivity index (χ2n) is 17.3. The van der Waals surface area contributed by atoms with Crippen LogP contribution in [0.25, 0.3) is 5.69 Å². The fraction of sp³-hybridized carbons (Fsp3) is 0.278. The predicted octanol–water partition coefficient (Wildman–Crippen LogP) is 10.9. The molecule has 16 nitrogen and oxygen atoms in total. The first-order valence-corrected chi connectivity index (χ1v) is 26.0. The first kappa shape index (κ1) is 50.7. The van der Waals surface area contributed by atoms with Gasteiger partial charge >= 0.3 is 11.4 Å². The Morgan fingerprint density at radius 3 is 2.03 bits per heavy atom. The number of hydrogen-bond acceptors (Lipinski definition) is 10. The van der Waals surface area contributed by atoms with E-state index in [1.54, 1.807) is 97.1 Å². The van der Waals surface area contributed by atoms with Crippen molar-refractivity contribution in [1.82, 2.24) is 13.9 Å². The number of carbonyl (C=O) groups excluding carboxylic acids is 2. The van der Waals surface area contributed by atoms with Gasteiger partial charge in [0.25, 0.3) is 15.9 Å². The molecule has 1 atom stereocenters. The number of fused-ring (bicyclic) bond motifs is 1. The highest BCUT2D eigenvalue weighted by Gasteiger charge is 2.45. The van der Waals surface area contributed by atoms with Crippen LogP contribution in [0, 0.1) is 0 Å². The molecule has 72 heavy (non-hydrogen) atoms. The maximum Gasteiger partial charge on any atom is 0.353 e. The third-order valence-corrected chi connectivity index (χ3v) is 14.2. The van der Waals surface area contributed by atoms with Crippen LogP contribution in [0.15, 0.2) is 170 Å². The van der Waals surface area contributed by atoms with Crippen molar-refractivity contribution >= 4 is 67.9 Å². The Morgan fingerprint density at radius 2 is 1.33 bits per heavy atom. The molecule has 0 aliphatic carbocycles. The highest BCUT2D eigenvalue weighted by Crippen LogP contribution is 2.39. The minimum Gasteiger partial charge on any atom is -0.471 e. The van der Waals surface area contributed by atoms with Crippen molar-refractivity contribution in [2.45, 2.75) is 95.0 Å². The third kappa shape index (κ3) is 11.9. The lowest BCUT2D eigenvalue weighted by atomic mass is 10.1. The summed E-state index contributed by atoms with van der Waals surface area (Å²) in [5.74, 6) is -1.57. The van der Waals surface area contributed by atoms with Gasteiger partial charge in [0.2, 0.25) is 11.8 Å². The number of amidine groups is 1. The van der Waals surface area contributed by atoms with E-state index in [-0.39, 0.29) is 46.4 Å². The van der Waals surface area contributed by atoms with Gasteiger partial charge in [0, 0.05) is 12.1 Å². The smallest absolute Gasteiger partial charge is 0.353 e. The number of rotatable bonds is 24. The van der Waals surface area contributed by atoms with Crippen LogP contribution in [0.4, 0.5) is 28.6 Å². The Bertz CT molecular complexity index is 3230. The van der Waals surface area contributed by atoms with Gasteiger partial charge in [0.1, 0.15) is 5.75 Å². The molecular weight excluding hydrogens is 956 g/mol. The maximum absolute atomic E-state index is 15.2. The summed E-state index contributed by atoms with van der Waals surface area (Å²) in [4.78, 5) is 62.5. The van der Waals surface area contributed by atoms with Gasteiger partial charge in [-0.25, -0.2) is 31.6 Å². The molecule has 1 unspecified atom stereocenters. The highest BCUT2D eigenvalue weighted by atomic mass is 35.5. The number of ether oxygens (including phenoxy) is 1. The van der Waals surface area contributed by atoms with Crippen molar-refractivity contribution in [3.63, 3.8) is 0 Å². The van der Waals surface area contributed by atoms with Crippen LogP contribution >= 0.6 is 11.6 Å². The zero-order valence-corrected chi connectivity index (χ0v) is 41.5. The zero-order valence-electron chi connectivity index (χ0n) is 39.9. The molecule has 3 N–H and O–H groups in total. The molecule has 3 heterocycles. The summed E-state index contributed by atoms with van der Waals surface area (Å²) < 4.78 is 44.6. The molecule has 0 radical (unpaired) electrons. The zero-order chi connectivity index (χ0) is 50.5. The molecule has 0 saturated carbocycles. The van der Waals surface area contributed by atoms with E-state index < -0.39 is 39.2 Å². The number of nitrogens with one attached hydrogen (secondary N) is 3. The number of aliphatic imine (C=N–C) groups is 1. The number of carbonyl (C=O) groups is 2. The molecule has 1 aliphatic rings. The van der Waals surface area contributed by atoms with Gasteiger partial charge in [-0.15, -0.1) is 0 Å². The van der Waals surface area contributed by atoms with Crippen molar-refractivity contribution in [1.29, 1.82) is 0 Å². The maximum atomic E-state index is 15.2. The van der Waals surface area contributed by atoms with Crippen LogP contribution in [0.3, 0.4) is 0 Å². The summed E-state index contributed by atoms with van der Waals surface area (Å²) in [5.41, 5.74) is 0.132. The van der Waals surface area contributed by atoms with Crippen LogP contribution in [0.1, 0.15) is 89.2 Å². The Kier molecular flexibility index (Phi) is 16.9. The standard InChI is InChI=1S/C54H57ClN8O8S/c1-2-3-4-5-6-7-8-9-10-20-31-48(64)57-44-29-21-22-30-46(44)71-38-56-40-32-33-43(55)45(36-40)58-51(65)49(50-59-52-47(34-35-70-52)72(68,69)63(50)42-27-18-13-19-28-42)61-53(66)60(37-39-23-14-11-15-24-39)62(54(61)67)41-25-16-12-17-26-41/h11-19,21-30,32-36,49,56H,2-10,20,31,37-38H2,1H3,(H,57,64)(H,58,65). The van der Waals surface area contributed by atoms with Gasteiger partial charge in [0.05, 0.1) is 40.6 Å². The van der Waals surface area contributed by atoms with E-state index in [9.17, 15) is 18.0 Å². The number of anilines is 4. The number of nitrogens with zero attached hydrogens (tertiary/aromatic N) is 5. The summed E-state index contributed by atoms with van der Waals surface area (Å²) in [7, 11) is -4.58. The van der Waals surface area contributed by atoms with Crippen molar-refractivity contribution in [2.75, 3.05) is 27.0 Å². The SMILES string of the molecule is CCCCCCCCCCCCC(=O)Nc1ccccc1OCNc1ccc(Cl)c(NC(=O)C(C2=Nc3occc3S(=O)(=O)N2c2ccccc2)n2c(=O)n(Cc3ccccc3)n(-c3ccccc3)c2=O)c1. The van der Waals surface area contributed by atoms with Crippen molar-refractivity contribution in [3.05, 3.63) is 177 Å². The fourth-order valence-corrected chi connectivity index (χ4v) is 10.2. The molecule has 0 bridgehead atoms. The van der Waals surface area contributed by atoms with Crippen LogP contribution in [0.2, 0.25) is 5.02 Å². The van der Waals surface area contributed by atoms with Gasteiger partial charge in [-0.2, -0.15) is 9.67 Å². The summed E-state index contributed by atoms with van der Waals surface area (Å²) in [6.45, 7) is 2.05. The van der Waals surface area contributed by atoms with E-state index in [1.165, 1.54) is 80.0 Å². The quantitative estimate of drug-likeness (QED) is 0.0390. The van der Waals surface area contributed by atoms with Gasteiger partial charge < -0.3 is 25.1 Å². The number of para-hydroxylation sites is 4. The van der Waals surface area contributed by atoms with Crippen LogP contribution in [0.5, 0.6) is 5.75 Å². The predicted molar refractivity (Wildman–Crippen MR) is 282 cm³/mol. The number of unbranched alkanes of at least 4 members (excludes halogenated alkanes) is 9. The van der Waals surface area contributed by atoms with Crippen molar-refractivity contribution in [2.24, 2.45) is 4.99 Å². The van der Waals surface area contributed by atoms with E-state index in [1.807, 2.05) is 12.1 Å². The second kappa shape index (κ2) is 24.0. The number of aromatic nitrogens is 3. The third-order valence-electron chi connectivity index (χ3n) is 12.2. The number of benzene rings is 5. The first-order chi connectivity index (χ1) is 35.0. The normalized spacial score (nSPS) is 13.2. The average Bonchev–Trinajstić information content (AvgIpc) is 3.96. The summed E-state index contributed by atoms with van der Waals surface area (Å²) in [6.07, 6.45) is 13.3. The average molecular weight is 1010 g/mol. The Labute approximate surface area is 423 Å². The number of furan rings is 1. The lowest BCUT2D eigenvalue weighted by molar-refractivity contribution is -0.118. The van der Waals surface area contributed by atoms with Gasteiger partial charge in [-0.05, 0) is 72.6 Å². The van der Waals surface area contributed by atoms with Crippen molar-refractivity contribution in [3.8, 4) is 11.4 Å². The number of amides is 2. The topological polar surface area (TPSA) is 191 Å². The van der Waals surface area contributed by atoms with Crippen LogP contribution in [-0.2, 0) is 26.2 Å². The Morgan fingerprint density at radius 1 is 0.708 bits per heavy atom. The van der Waals surface area contributed by atoms with Gasteiger partial charge in [0.15, 0.2) is 23.5 Å². The summed E-state index contributed by atoms with van der Waals surface area (Å²) in [6, 6.07) is 36.2. The first-order valence-electron chi connectivity index (χ1n) is 24.2. The highest BCUT2D eigenvalue weighted by molar-refractivity contribution is 7.93. The number of sulfonamides is 1. The lowest BCUT2D eigenvalue weighted by Gasteiger charge is -2.31. The molecule has 18 heteroatoms. The van der Waals surface area contributed by atoms with E-state index in [2.05, 4.69) is 27.9 Å². The molecule has 5 aromatic carbocycles. The molecule has 2 aromatic heterocycles. The molecule has 0 fully saturated rings. The molecule has 2 amide bonds. The van der Waals surface area contributed by atoms with Crippen LogP contribution < -0.4 is 36.4 Å².